The Morgan fingerprint density at radius 1 is 1.05 bits per heavy atom. The van der Waals surface area contributed by atoms with E-state index in [1.807, 2.05) is 6.92 Å². The summed E-state index contributed by atoms with van der Waals surface area (Å²) in [6.45, 7) is 1.78. The van der Waals surface area contributed by atoms with Crippen molar-refractivity contribution < 1.29 is 36.2 Å². The van der Waals surface area contributed by atoms with E-state index in [-0.39, 0.29) is 41.0 Å². The number of fused-ring (bicyclic) bond motifs is 1. The second-order valence-electron chi connectivity index (χ2n) is 9.91. The van der Waals surface area contributed by atoms with Gasteiger partial charge in [-0.2, -0.15) is 26.3 Å². The summed E-state index contributed by atoms with van der Waals surface area (Å²) >= 11 is 5.82. The SMILES string of the molecule is C[C@@H](Nc1nc(C(=O)O)nc2nc(-c3ccc(Cl)c(C(F)(F)F)c3)n(Cc3ccc(C(F)(F)F)cc3)c12)C1CCC1. The Bertz CT molecular complexity index is 1610. The fourth-order valence-corrected chi connectivity index (χ4v) is 4.97. The van der Waals surface area contributed by atoms with E-state index in [0.717, 1.165) is 43.5 Å². The molecule has 1 aliphatic carbocycles. The highest BCUT2D eigenvalue weighted by Crippen LogP contribution is 2.39. The third kappa shape index (κ3) is 5.81. The molecule has 2 aromatic heterocycles. The average Bonchev–Trinajstić information content (AvgIpc) is 3.20. The molecule has 2 N–H and O–H groups in total. The lowest BCUT2D eigenvalue weighted by molar-refractivity contribution is -0.138. The molecule has 2 aromatic carbocycles. The van der Waals surface area contributed by atoms with Crippen LogP contribution in [-0.4, -0.2) is 36.6 Å². The van der Waals surface area contributed by atoms with Gasteiger partial charge in [-0.1, -0.05) is 30.2 Å². The van der Waals surface area contributed by atoms with E-state index in [1.54, 1.807) is 0 Å². The highest BCUT2D eigenvalue weighted by molar-refractivity contribution is 6.31. The molecule has 5 rings (SSSR count). The molecule has 0 aliphatic heterocycles. The zero-order valence-electron chi connectivity index (χ0n) is 21.3. The van der Waals surface area contributed by atoms with Gasteiger partial charge in [0.15, 0.2) is 11.5 Å². The molecular weight excluding hydrogens is 576 g/mol. The van der Waals surface area contributed by atoms with E-state index in [0.29, 0.717) is 11.5 Å². The van der Waals surface area contributed by atoms with Gasteiger partial charge in [0.05, 0.1) is 16.1 Å². The molecule has 0 radical (unpaired) electrons. The fraction of sp³-hybridized carbons (Fsp3) is 0.333. The summed E-state index contributed by atoms with van der Waals surface area (Å²) < 4.78 is 82.0. The monoisotopic (exact) mass is 597 g/mol. The number of carboxylic acids is 1. The Balaban J connectivity index is 1.72. The number of halogens is 7. The number of rotatable bonds is 7. The van der Waals surface area contributed by atoms with E-state index in [1.165, 1.54) is 22.8 Å². The number of aromatic nitrogens is 4. The zero-order valence-corrected chi connectivity index (χ0v) is 22.1. The molecule has 0 saturated heterocycles. The summed E-state index contributed by atoms with van der Waals surface area (Å²) in [6, 6.07) is 7.35. The molecule has 14 heteroatoms. The van der Waals surface area contributed by atoms with E-state index in [2.05, 4.69) is 20.3 Å². The Morgan fingerprint density at radius 3 is 2.29 bits per heavy atom. The molecule has 216 valence electrons. The van der Waals surface area contributed by atoms with Crippen molar-refractivity contribution in [2.45, 2.75) is 51.1 Å². The van der Waals surface area contributed by atoms with Crippen molar-refractivity contribution in [1.82, 2.24) is 19.5 Å². The molecule has 0 amide bonds. The van der Waals surface area contributed by atoms with Gasteiger partial charge in [0, 0.05) is 18.2 Å². The normalized spacial score (nSPS) is 15.1. The number of carbonyl (C=O) groups is 1. The predicted octanol–water partition coefficient (Wildman–Crippen LogP) is 7.53. The van der Waals surface area contributed by atoms with E-state index in [4.69, 9.17) is 11.6 Å². The van der Waals surface area contributed by atoms with Crippen molar-refractivity contribution in [3.05, 3.63) is 70.0 Å². The van der Waals surface area contributed by atoms with Crippen molar-refractivity contribution in [2.75, 3.05) is 5.32 Å². The lowest BCUT2D eigenvalue weighted by atomic mass is 9.80. The minimum atomic E-state index is -4.78. The Morgan fingerprint density at radius 2 is 1.73 bits per heavy atom. The molecule has 0 spiro atoms. The molecular formula is C27H22ClF6N5O2. The highest BCUT2D eigenvalue weighted by Gasteiger charge is 2.34. The maximum Gasteiger partial charge on any atom is 0.417 e. The Kier molecular flexibility index (Phi) is 7.35. The molecule has 1 atom stereocenters. The summed E-state index contributed by atoms with van der Waals surface area (Å²) in [4.78, 5) is 24.4. The number of hydrogen-bond donors (Lipinski definition) is 2. The fourth-order valence-electron chi connectivity index (χ4n) is 4.74. The molecule has 7 nitrogen and oxygen atoms in total. The van der Waals surface area contributed by atoms with Crippen molar-refractivity contribution >= 4 is 34.6 Å². The molecule has 2 heterocycles. The molecule has 4 aromatic rings. The number of hydrogen-bond acceptors (Lipinski definition) is 5. The lowest BCUT2D eigenvalue weighted by Gasteiger charge is -2.32. The zero-order chi connectivity index (χ0) is 29.7. The van der Waals surface area contributed by atoms with Crippen LogP contribution in [0.5, 0.6) is 0 Å². The smallest absolute Gasteiger partial charge is 0.417 e. The third-order valence-corrected chi connectivity index (χ3v) is 7.50. The maximum atomic E-state index is 13.7. The molecule has 41 heavy (non-hydrogen) atoms. The summed E-state index contributed by atoms with van der Waals surface area (Å²) in [7, 11) is 0. The summed E-state index contributed by atoms with van der Waals surface area (Å²) in [5.74, 6) is -1.64. The lowest BCUT2D eigenvalue weighted by Crippen LogP contribution is -2.31. The van der Waals surface area contributed by atoms with E-state index < -0.39 is 40.3 Å². The van der Waals surface area contributed by atoms with Gasteiger partial charge in [0.1, 0.15) is 11.3 Å². The predicted molar refractivity (Wildman–Crippen MR) is 139 cm³/mol. The summed E-state index contributed by atoms with van der Waals surface area (Å²) in [6.07, 6.45) is -6.38. The van der Waals surface area contributed by atoms with Gasteiger partial charge in [-0.25, -0.2) is 19.7 Å². The minimum absolute atomic E-state index is 0.0125. The number of benzene rings is 2. The largest absolute Gasteiger partial charge is 0.475 e. The molecule has 1 saturated carbocycles. The van der Waals surface area contributed by atoms with Crippen LogP contribution < -0.4 is 5.32 Å². The Hall–Kier alpha value is -3.87. The number of nitrogens with zero attached hydrogens (tertiary/aromatic N) is 4. The Labute approximate surface area is 234 Å². The van der Waals surface area contributed by atoms with Gasteiger partial charge in [0.25, 0.3) is 0 Å². The topological polar surface area (TPSA) is 92.9 Å². The summed E-state index contributed by atoms with van der Waals surface area (Å²) in [5.41, 5.74) is -1.52. The number of anilines is 1. The van der Waals surface area contributed by atoms with Crippen LogP contribution in [-0.2, 0) is 18.9 Å². The molecule has 1 aliphatic rings. The van der Waals surface area contributed by atoms with Crippen LogP contribution in [0.3, 0.4) is 0 Å². The van der Waals surface area contributed by atoms with E-state index >= 15 is 0 Å². The van der Waals surface area contributed by atoms with Gasteiger partial charge in [-0.15, -0.1) is 0 Å². The quantitative estimate of drug-likeness (QED) is 0.214. The first-order chi connectivity index (χ1) is 19.2. The van der Waals surface area contributed by atoms with Crippen LogP contribution in [0.2, 0.25) is 5.02 Å². The number of imidazole rings is 1. The molecule has 0 bridgehead atoms. The van der Waals surface area contributed by atoms with Gasteiger partial charge < -0.3 is 15.0 Å². The van der Waals surface area contributed by atoms with Crippen LogP contribution in [0.25, 0.3) is 22.6 Å². The van der Waals surface area contributed by atoms with Crippen molar-refractivity contribution in [3.63, 3.8) is 0 Å². The van der Waals surface area contributed by atoms with Crippen LogP contribution in [0.4, 0.5) is 32.2 Å². The first-order valence-corrected chi connectivity index (χ1v) is 12.9. The number of aromatic carboxylic acids is 1. The summed E-state index contributed by atoms with van der Waals surface area (Å²) in [5, 5.41) is 12.3. The first kappa shape index (κ1) is 28.7. The number of nitrogens with one attached hydrogen (secondary N) is 1. The van der Waals surface area contributed by atoms with Crippen LogP contribution in [0.15, 0.2) is 42.5 Å². The third-order valence-electron chi connectivity index (χ3n) is 7.17. The van der Waals surface area contributed by atoms with Crippen LogP contribution in [0, 0.1) is 5.92 Å². The minimum Gasteiger partial charge on any atom is -0.475 e. The number of alkyl halides is 6. The maximum absolute atomic E-state index is 13.7. The van der Waals surface area contributed by atoms with Crippen LogP contribution >= 0.6 is 11.6 Å². The average molecular weight is 598 g/mol. The number of carboxylic acid groups (broad SMARTS) is 1. The second-order valence-corrected chi connectivity index (χ2v) is 10.3. The van der Waals surface area contributed by atoms with E-state index in [9.17, 15) is 36.2 Å². The van der Waals surface area contributed by atoms with Crippen molar-refractivity contribution in [3.8, 4) is 11.4 Å². The van der Waals surface area contributed by atoms with Crippen molar-refractivity contribution in [2.24, 2.45) is 5.92 Å². The second kappa shape index (κ2) is 10.5. The van der Waals surface area contributed by atoms with Gasteiger partial charge in [0.2, 0.25) is 5.82 Å². The molecule has 0 unspecified atom stereocenters. The standard InChI is InChI=1S/C27H22ClF6N5O2/c1-13(15-3-2-4-15)35-21-20-22(37-23(36-21)25(40)41)38-24(16-7-10-19(28)18(11-16)27(32,33)34)39(20)12-14-5-8-17(9-6-14)26(29,30)31/h5-11,13,15H,2-4,12H2,1H3,(H,40,41)(H,35,36,37)/t13-/m1/s1. The van der Waals surface area contributed by atoms with Crippen molar-refractivity contribution in [1.29, 1.82) is 0 Å². The highest BCUT2D eigenvalue weighted by atomic mass is 35.5. The van der Waals surface area contributed by atoms with Gasteiger partial charge >= 0.3 is 18.3 Å². The van der Waals surface area contributed by atoms with Gasteiger partial charge in [-0.05, 0) is 61.6 Å². The molecule has 1 fully saturated rings. The first-order valence-electron chi connectivity index (χ1n) is 12.5. The van der Waals surface area contributed by atoms with Crippen LogP contribution in [0.1, 0.15) is 53.5 Å². The van der Waals surface area contributed by atoms with Gasteiger partial charge in [-0.3, -0.25) is 0 Å².